The standard InChI is InChI=1S/C21H18N2O4S/c1-26-16-9-7-15(8-10-16)17-12-28-19-18(17)23(21(25)22-20(19)24)13-27-11-14-5-3-2-4-6-14/h2-10,12H,11,13H2,1H3,(H,22,24,25). The molecule has 0 spiro atoms. The lowest BCUT2D eigenvalue weighted by Gasteiger charge is -2.11. The number of methoxy groups -OCH3 is 1. The van der Waals surface area contributed by atoms with Gasteiger partial charge < -0.3 is 9.47 Å². The molecule has 0 aliphatic heterocycles. The molecule has 2 aromatic heterocycles. The van der Waals surface area contributed by atoms with E-state index in [4.69, 9.17) is 9.47 Å². The second-order valence-corrected chi connectivity index (χ2v) is 7.09. The van der Waals surface area contributed by atoms with Crippen LogP contribution in [0.1, 0.15) is 5.56 Å². The van der Waals surface area contributed by atoms with Gasteiger partial charge in [0.2, 0.25) is 0 Å². The number of fused-ring (bicyclic) bond motifs is 1. The third kappa shape index (κ3) is 3.49. The maximum absolute atomic E-state index is 12.5. The van der Waals surface area contributed by atoms with Crippen molar-refractivity contribution in [1.82, 2.24) is 9.55 Å². The highest BCUT2D eigenvalue weighted by Gasteiger charge is 2.15. The van der Waals surface area contributed by atoms with E-state index in [1.807, 2.05) is 60.0 Å². The molecule has 0 bridgehead atoms. The van der Waals surface area contributed by atoms with Gasteiger partial charge in [0, 0.05) is 10.9 Å². The highest BCUT2D eigenvalue weighted by Crippen LogP contribution is 2.32. The summed E-state index contributed by atoms with van der Waals surface area (Å²) in [5, 5.41) is 1.88. The van der Waals surface area contributed by atoms with Crippen molar-refractivity contribution in [2.45, 2.75) is 13.3 Å². The predicted octanol–water partition coefficient (Wildman–Crippen LogP) is 3.60. The Bertz CT molecular complexity index is 1210. The van der Waals surface area contributed by atoms with Crippen molar-refractivity contribution in [3.63, 3.8) is 0 Å². The van der Waals surface area contributed by atoms with Crippen LogP contribution < -0.4 is 16.0 Å². The van der Waals surface area contributed by atoms with E-state index in [-0.39, 0.29) is 12.3 Å². The molecule has 0 saturated heterocycles. The van der Waals surface area contributed by atoms with Gasteiger partial charge in [-0.1, -0.05) is 42.5 Å². The molecule has 0 radical (unpaired) electrons. The molecule has 7 heteroatoms. The highest BCUT2D eigenvalue weighted by molar-refractivity contribution is 7.17. The summed E-state index contributed by atoms with van der Waals surface area (Å²) in [6, 6.07) is 17.2. The number of thiophene rings is 1. The maximum atomic E-state index is 12.5. The van der Waals surface area contributed by atoms with E-state index in [0.29, 0.717) is 16.8 Å². The van der Waals surface area contributed by atoms with Gasteiger partial charge >= 0.3 is 5.69 Å². The number of H-pyrrole nitrogens is 1. The minimum Gasteiger partial charge on any atom is -0.497 e. The largest absolute Gasteiger partial charge is 0.497 e. The van der Waals surface area contributed by atoms with Crippen molar-refractivity contribution >= 4 is 21.6 Å². The molecule has 2 heterocycles. The van der Waals surface area contributed by atoms with E-state index in [0.717, 1.165) is 22.4 Å². The van der Waals surface area contributed by atoms with E-state index < -0.39 is 5.69 Å². The zero-order chi connectivity index (χ0) is 19.5. The topological polar surface area (TPSA) is 73.3 Å². The second-order valence-electron chi connectivity index (χ2n) is 6.21. The van der Waals surface area contributed by atoms with E-state index in [9.17, 15) is 9.59 Å². The summed E-state index contributed by atoms with van der Waals surface area (Å²) in [6.45, 7) is 0.413. The first-order valence-corrected chi connectivity index (χ1v) is 9.56. The van der Waals surface area contributed by atoms with E-state index >= 15 is 0 Å². The number of aromatic nitrogens is 2. The molecule has 0 aliphatic carbocycles. The van der Waals surface area contributed by atoms with Crippen LogP contribution in [0.5, 0.6) is 5.75 Å². The molecule has 6 nitrogen and oxygen atoms in total. The molecule has 4 aromatic rings. The van der Waals surface area contributed by atoms with Gasteiger partial charge in [-0.3, -0.25) is 14.3 Å². The van der Waals surface area contributed by atoms with Crippen LogP contribution in [0.2, 0.25) is 0 Å². The lowest BCUT2D eigenvalue weighted by Crippen LogP contribution is -2.30. The van der Waals surface area contributed by atoms with Crippen molar-refractivity contribution in [1.29, 1.82) is 0 Å². The number of hydrogen-bond acceptors (Lipinski definition) is 5. The Kier molecular flexibility index (Phi) is 5.10. The summed E-state index contributed by atoms with van der Waals surface area (Å²) in [5.74, 6) is 0.740. The third-order valence-electron chi connectivity index (χ3n) is 4.44. The van der Waals surface area contributed by atoms with Crippen molar-refractivity contribution in [3.8, 4) is 16.9 Å². The molecule has 142 valence electrons. The number of ether oxygens (including phenoxy) is 2. The summed E-state index contributed by atoms with van der Waals surface area (Å²) in [5.41, 5.74) is 2.43. The molecule has 0 amide bonds. The number of rotatable bonds is 6. The Labute approximate surface area is 164 Å². The van der Waals surface area contributed by atoms with Crippen molar-refractivity contribution in [3.05, 3.63) is 86.4 Å². The van der Waals surface area contributed by atoms with Crippen molar-refractivity contribution in [2.24, 2.45) is 0 Å². The SMILES string of the molecule is COc1ccc(-c2csc3c(=O)[nH]c(=O)n(COCc4ccccc4)c23)cc1. The molecule has 0 saturated carbocycles. The lowest BCUT2D eigenvalue weighted by atomic mass is 10.1. The lowest BCUT2D eigenvalue weighted by molar-refractivity contribution is 0.0638. The molecule has 4 rings (SSSR count). The molecular weight excluding hydrogens is 376 g/mol. The minimum absolute atomic E-state index is 0.0426. The Morgan fingerprint density at radius 3 is 2.50 bits per heavy atom. The Hall–Kier alpha value is -3.16. The van der Waals surface area contributed by atoms with Gasteiger partial charge in [0.05, 0.1) is 19.2 Å². The first-order chi connectivity index (χ1) is 13.7. The molecule has 0 fully saturated rings. The fourth-order valence-electron chi connectivity index (χ4n) is 3.03. The van der Waals surface area contributed by atoms with Gasteiger partial charge in [0.15, 0.2) is 0 Å². The maximum Gasteiger partial charge on any atom is 0.330 e. The fourth-order valence-corrected chi connectivity index (χ4v) is 4.00. The Morgan fingerprint density at radius 1 is 1.04 bits per heavy atom. The summed E-state index contributed by atoms with van der Waals surface area (Å²) in [7, 11) is 1.61. The Balaban J connectivity index is 1.73. The van der Waals surface area contributed by atoms with Crippen LogP contribution in [-0.4, -0.2) is 16.7 Å². The van der Waals surface area contributed by atoms with Gasteiger partial charge in [-0.05, 0) is 23.3 Å². The monoisotopic (exact) mass is 394 g/mol. The number of nitrogens with one attached hydrogen (secondary N) is 1. The van der Waals surface area contributed by atoms with Crippen LogP contribution in [0.4, 0.5) is 0 Å². The van der Waals surface area contributed by atoms with Crippen LogP contribution >= 0.6 is 11.3 Å². The summed E-state index contributed by atoms with van der Waals surface area (Å²) < 4.78 is 12.9. The predicted molar refractivity (Wildman–Crippen MR) is 110 cm³/mol. The highest BCUT2D eigenvalue weighted by atomic mass is 32.1. The third-order valence-corrected chi connectivity index (χ3v) is 5.41. The summed E-state index contributed by atoms with van der Waals surface area (Å²) in [4.78, 5) is 27.1. The normalized spacial score (nSPS) is 11.0. The average Bonchev–Trinajstić information content (AvgIpc) is 3.17. The van der Waals surface area contributed by atoms with E-state index in [1.165, 1.54) is 15.9 Å². The molecule has 0 unspecified atom stereocenters. The molecule has 2 aromatic carbocycles. The summed E-state index contributed by atoms with van der Waals surface area (Å²) in [6.07, 6.45) is 0. The zero-order valence-electron chi connectivity index (χ0n) is 15.2. The number of hydrogen-bond donors (Lipinski definition) is 1. The minimum atomic E-state index is -0.487. The van der Waals surface area contributed by atoms with Gasteiger partial charge in [0.25, 0.3) is 5.56 Å². The van der Waals surface area contributed by atoms with Gasteiger partial charge in [0.1, 0.15) is 17.2 Å². The number of aromatic amines is 1. The van der Waals surface area contributed by atoms with Gasteiger partial charge in [-0.25, -0.2) is 4.79 Å². The van der Waals surface area contributed by atoms with Crippen LogP contribution in [-0.2, 0) is 18.1 Å². The molecule has 1 N–H and O–H groups in total. The zero-order valence-corrected chi connectivity index (χ0v) is 16.0. The number of benzene rings is 2. The molecule has 28 heavy (non-hydrogen) atoms. The number of nitrogens with zero attached hydrogens (tertiary/aromatic N) is 1. The van der Waals surface area contributed by atoms with Crippen molar-refractivity contribution in [2.75, 3.05) is 7.11 Å². The van der Waals surface area contributed by atoms with Crippen LogP contribution in [0.3, 0.4) is 0 Å². The van der Waals surface area contributed by atoms with Crippen LogP contribution in [0, 0.1) is 0 Å². The van der Waals surface area contributed by atoms with Crippen molar-refractivity contribution < 1.29 is 9.47 Å². The van der Waals surface area contributed by atoms with E-state index in [1.54, 1.807) is 7.11 Å². The Morgan fingerprint density at radius 2 is 1.79 bits per heavy atom. The molecular formula is C21H18N2O4S. The van der Waals surface area contributed by atoms with E-state index in [2.05, 4.69) is 4.98 Å². The van der Waals surface area contributed by atoms with Crippen LogP contribution in [0.15, 0.2) is 69.6 Å². The average molecular weight is 394 g/mol. The van der Waals surface area contributed by atoms with Gasteiger partial charge in [-0.2, -0.15) is 0 Å². The summed E-state index contributed by atoms with van der Waals surface area (Å²) >= 11 is 1.31. The van der Waals surface area contributed by atoms with Crippen LogP contribution in [0.25, 0.3) is 21.3 Å². The molecule has 0 atom stereocenters. The second kappa shape index (κ2) is 7.84. The van der Waals surface area contributed by atoms with Gasteiger partial charge in [-0.15, -0.1) is 11.3 Å². The molecule has 0 aliphatic rings. The first kappa shape index (κ1) is 18.2. The quantitative estimate of drug-likeness (QED) is 0.542. The smallest absolute Gasteiger partial charge is 0.330 e. The fraction of sp³-hybridized carbons (Fsp3) is 0.143. The first-order valence-electron chi connectivity index (χ1n) is 8.68.